The van der Waals surface area contributed by atoms with E-state index in [0.717, 1.165) is 42.0 Å². The van der Waals surface area contributed by atoms with E-state index in [9.17, 15) is 4.79 Å². The van der Waals surface area contributed by atoms with Crippen LogP contribution in [0.2, 0.25) is 0 Å². The Morgan fingerprint density at radius 2 is 1.92 bits per heavy atom. The topological polar surface area (TPSA) is 56.2 Å². The van der Waals surface area contributed by atoms with Gasteiger partial charge in [-0.25, -0.2) is 4.98 Å². The molecule has 26 heavy (non-hydrogen) atoms. The summed E-state index contributed by atoms with van der Waals surface area (Å²) in [6, 6.07) is 16.2. The predicted molar refractivity (Wildman–Crippen MR) is 103 cm³/mol. The van der Waals surface area contributed by atoms with Crippen LogP contribution in [-0.4, -0.2) is 28.6 Å². The highest BCUT2D eigenvalue weighted by atomic mass is 16.5. The van der Waals surface area contributed by atoms with Gasteiger partial charge < -0.3 is 14.6 Å². The zero-order valence-corrected chi connectivity index (χ0v) is 15.4. The molecule has 0 unspecified atom stereocenters. The lowest BCUT2D eigenvalue weighted by atomic mass is 10.2. The second kappa shape index (κ2) is 8.52. The molecular formula is C21H25N3O2. The number of benzene rings is 2. The highest BCUT2D eigenvalue weighted by Crippen LogP contribution is 2.18. The minimum Gasteiger partial charge on any atom is -0.492 e. The second-order valence-electron chi connectivity index (χ2n) is 6.42. The molecule has 0 atom stereocenters. The molecule has 0 aliphatic heterocycles. The summed E-state index contributed by atoms with van der Waals surface area (Å²) in [5.74, 6) is 1.92. The Hall–Kier alpha value is -2.82. The smallest absolute Gasteiger partial charge is 0.216 e. The van der Waals surface area contributed by atoms with Gasteiger partial charge in [0.1, 0.15) is 18.2 Å². The van der Waals surface area contributed by atoms with Crippen molar-refractivity contribution in [2.75, 3.05) is 13.2 Å². The Bertz CT molecular complexity index is 869. The van der Waals surface area contributed by atoms with E-state index in [1.54, 1.807) is 0 Å². The molecule has 0 fully saturated rings. The Morgan fingerprint density at radius 3 is 2.69 bits per heavy atom. The summed E-state index contributed by atoms with van der Waals surface area (Å²) in [5, 5.41) is 2.84. The monoisotopic (exact) mass is 351 g/mol. The average Bonchev–Trinajstić information content (AvgIpc) is 2.98. The summed E-state index contributed by atoms with van der Waals surface area (Å²) >= 11 is 0. The molecular weight excluding hydrogens is 326 g/mol. The summed E-state index contributed by atoms with van der Waals surface area (Å²) in [7, 11) is 0. The Labute approximate surface area is 154 Å². The number of nitrogens with one attached hydrogen (secondary N) is 1. The molecule has 0 spiro atoms. The van der Waals surface area contributed by atoms with Crippen LogP contribution in [0.3, 0.4) is 0 Å². The highest BCUT2D eigenvalue weighted by molar-refractivity contribution is 5.76. The van der Waals surface area contributed by atoms with Crippen LogP contribution in [0.4, 0.5) is 0 Å². The fourth-order valence-electron chi connectivity index (χ4n) is 2.97. The Morgan fingerprint density at radius 1 is 1.15 bits per heavy atom. The van der Waals surface area contributed by atoms with Crippen LogP contribution in [0.1, 0.15) is 24.7 Å². The first-order chi connectivity index (χ1) is 12.6. The highest BCUT2D eigenvalue weighted by Gasteiger charge is 2.10. The number of rotatable bonds is 8. The van der Waals surface area contributed by atoms with Crippen LogP contribution >= 0.6 is 0 Å². The largest absolute Gasteiger partial charge is 0.492 e. The minimum atomic E-state index is 0.00463. The summed E-state index contributed by atoms with van der Waals surface area (Å²) in [4.78, 5) is 15.8. The molecule has 0 saturated carbocycles. The third kappa shape index (κ3) is 4.63. The number of carbonyl (C=O) groups is 1. The third-order valence-corrected chi connectivity index (χ3v) is 4.29. The van der Waals surface area contributed by atoms with Crippen molar-refractivity contribution in [1.29, 1.82) is 0 Å². The van der Waals surface area contributed by atoms with Gasteiger partial charge in [0.05, 0.1) is 17.6 Å². The van der Waals surface area contributed by atoms with E-state index in [2.05, 4.69) is 35.0 Å². The molecule has 0 aliphatic rings. The van der Waals surface area contributed by atoms with Crippen LogP contribution in [-0.2, 0) is 17.8 Å². The number of aryl methyl sites for hydroxylation is 2. The lowest BCUT2D eigenvalue weighted by Crippen LogP contribution is -2.21. The Balaban J connectivity index is 1.67. The number of nitrogens with zero attached hydrogens (tertiary/aromatic N) is 2. The maximum atomic E-state index is 11.0. The van der Waals surface area contributed by atoms with Crippen molar-refractivity contribution in [2.45, 2.75) is 33.2 Å². The minimum absolute atomic E-state index is 0.00463. The lowest BCUT2D eigenvalue weighted by molar-refractivity contribution is -0.118. The van der Waals surface area contributed by atoms with Gasteiger partial charge in [-0.15, -0.1) is 0 Å². The number of aromatic nitrogens is 2. The van der Waals surface area contributed by atoms with Gasteiger partial charge in [0.25, 0.3) is 0 Å². The zero-order chi connectivity index (χ0) is 18.4. The SMILES string of the molecule is CC(=O)NCCCc1nc2ccccc2n1CCOc1ccc(C)cc1. The molecule has 0 radical (unpaired) electrons. The number of hydrogen-bond donors (Lipinski definition) is 1. The average molecular weight is 351 g/mol. The molecule has 1 heterocycles. The summed E-state index contributed by atoms with van der Waals surface area (Å²) in [5.41, 5.74) is 3.34. The van der Waals surface area contributed by atoms with Crippen LogP contribution in [0.15, 0.2) is 48.5 Å². The van der Waals surface area contributed by atoms with Crippen LogP contribution in [0.25, 0.3) is 11.0 Å². The fourth-order valence-corrected chi connectivity index (χ4v) is 2.97. The number of carbonyl (C=O) groups excluding carboxylic acids is 1. The van der Waals surface area contributed by atoms with Crippen molar-refractivity contribution in [3.63, 3.8) is 0 Å². The van der Waals surface area contributed by atoms with Gasteiger partial charge >= 0.3 is 0 Å². The van der Waals surface area contributed by atoms with E-state index in [1.165, 1.54) is 12.5 Å². The van der Waals surface area contributed by atoms with Gasteiger partial charge in [0.15, 0.2) is 0 Å². The number of amides is 1. The molecule has 136 valence electrons. The molecule has 5 heteroatoms. The number of hydrogen-bond acceptors (Lipinski definition) is 3. The van der Waals surface area contributed by atoms with Crippen LogP contribution < -0.4 is 10.1 Å². The molecule has 0 saturated heterocycles. The third-order valence-electron chi connectivity index (χ3n) is 4.29. The van der Waals surface area contributed by atoms with Crippen molar-refractivity contribution in [3.8, 4) is 5.75 Å². The summed E-state index contributed by atoms with van der Waals surface area (Å²) in [6.07, 6.45) is 1.68. The molecule has 1 aromatic heterocycles. The quantitative estimate of drug-likeness (QED) is 0.632. The fraction of sp³-hybridized carbons (Fsp3) is 0.333. The van der Waals surface area contributed by atoms with E-state index >= 15 is 0 Å². The van der Waals surface area contributed by atoms with Crippen molar-refractivity contribution >= 4 is 16.9 Å². The molecule has 3 aromatic rings. The molecule has 1 amide bonds. The molecule has 0 bridgehead atoms. The second-order valence-corrected chi connectivity index (χ2v) is 6.42. The summed E-state index contributed by atoms with van der Waals surface area (Å²) < 4.78 is 8.11. The van der Waals surface area contributed by atoms with Gasteiger partial charge in [-0.1, -0.05) is 29.8 Å². The number of ether oxygens (including phenoxy) is 1. The van der Waals surface area contributed by atoms with E-state index < -0.39 is 0 Å². The van der Waals surface area contributed by atoms with Gasteiger partial charge in [-0.2, -0.15) is 0 Å². The number of fused-ring (bicyclic) bond motifs is 1. The maximum absolute atomic E-state index is 11.0. The van der Waals surface area contributed by atoms with Crippen LogP contribution in [0.5, 0.6) is 5.75 Å². The maximum Gasteiger partial charge on any atom is 0.216 e. The van der Waals surface area contributed by atoms with E-state index in [-0.39, 0.29) is 5.91 Å². The standard InChI is InChI=1S/C21H25N3O2/c1-16-9-11-18(12-10-16)26-15-14-24-20-7-4-3-6-19(20)23-21(24)8-5-13-22-17(2)25/h3-4,6-7,9-12H,5,8,13-15H2,1-2H3,(H,22,25). The van der Waals surface area contributed by atoms with E-state index in [4.69, 9.17) is 9.72 Å². The molecule has 3 rings (SSSR count). The normalized spacial score (nSPS) is 10.8. The van der Waals surface area contributed by atoms with E-state index in [1.807, 2.05) is 30.3 Å². The molecule has 2 aromatic carbocycles. The van der Waals surface area contributed by atoms with Crippen LogP contribution in [0, 0.1) is 6.92 Å². The first-order valence-electron chi connectivity index (χ1n) is 9.01. The van der Waals surface area contributed by atoms with Gasteiger partial charge in [-0.3, -0.25) is 4.79 Å². The van der Waals surface area contributed by atoms with Crippen molar-refractivity contribution in [3.05, 3.63) is 59.9 Å². The van der Waals surface area contributed by atoms with Gasteiger partial charge in [0, 0.05) is 19.9 Å². The first kappa shape index (κ1) is 18.0. The van der Waals surface area contributed by atoms with Gasteiger partial charge in [-0.05, 0) is 37.6 Å². The van der Waals surface area contributed by atoms with E-state index in [0.29, 0.717) is 13.2 Å². The predicted octanol–water partition coefficient (Wildman–Crippen LogP) is 3.49. The molecule has 0 aliphatic carbocycles. The lowest BCUT2D eigenvalue weighted by Gasteiger charge is -2.11. The summed E-state index contributed by atoms with van der Waals surface area (Å²) in [6.45, 7) is 5.59. The number of para-hydroxylation sites is 2. The van der Waals surface area contributed by atoms with Crippen molar-refractivity contribution in [2.24, 2.45) is 0 Å². The van der Waals surface area contributed by atoms with Gasteiger partial charge in [0.2, 0.25) is 5.91 Å². The van der Waals surface area contributed by atoms with Crippen molar-refractivity contribution in [1.82, 2.24) is 14.9 Å². The zero-order valence-electron chi connectivity index (χ0n) is 15.4. The number of imidazole rings is 1. The van der Waals surface area contributed by atoms with Crippen molar-refractivity contribution < 1.29 is 9.53 Å². The molecule has 5 nitrogen and oxygen atoms in total. The molecule has 1 N–H and O–H groups in total. The first-order valence-corrected chi connectivity index (χ1v) is 9.01. The Kier molecular flexibility index (Phi) is 5.89.